The highest BCUT2D eigenvalue weighted by atomic mass is 79.9. The fraction of sp³-hybridized carbons (Fsp3) is 0.438. The minimum atomic E-state index is 0.0472. The number of aryl methyl sites for hydroxylation is 1. The van der Waals surface area contributed by atoms with Crippen molar-refractivity contribution in [3.63, 3.8) is 0 Å². The van der Waals surface area contributed by atoms with Crippen molar-refractivity contribution in [1.82, 2.24) is 9.78 Å². The van der Waals surface area contributed by atoms with Gasteiger partial charge < -0.3 is 9.84 Å². The van der Waals surface area contributed by atoms with Crippen LogP contribution in [0.4, 0.5) is 0 Å². The second-order valence-electron chi connectivity index (χ2n) is 4.85. The molecule has 2 rings (SSSR count). The molecule has 4 nitrogen and oxygen atoms in total. The molecular weight excluding hydrogens is 332 g/mol. The quantitative estimate of drug-likeness (QED) is 0.867. The molecule has 1 aromatic heterocycles. The van der Waals surface area contributed by atoms with Crippen LogP contribution in [0.25, 0.3) is 0 Å². The molecule has 0 bridgehead atoms. The highest BCUT2D eigenvalue weighted by Gasteiger charge is 2.15. The summed E-state index contributed by atoms with van der Waals surface area (Å²) in [4.78, 5) is 0. The van der Waals surface area contributed by atoms with E-state index in [4.69, 9.17) is 4.74 Å². The van der Waals surface area contributed by atoms with E-state index in [1.54, 1.807) is 7.11 Å². The maximum Gasteiger partial charge on any atom is 0.119 e. The van der Waals surface area contributed by atoms with Crippen molar-refractivity contribution in [2.75, 3.05) is 7.11 Å². The van der Waals surface area contributed by atoms with Gasteiger partial charge in [0.15, 0.2) is 0 Å². The molecule has 0 aliphatic heterocycles. The maximum atomic E-state index is 9.60. The van der Waals surface area contributed by atoms with E-state index < -0.39 is 0 Å². The lowest BCUT2D eigenvalue weighted by atomic mass is 10.1. The van der Waals surface area contributed by atoms with Gasteiger partial charge in [-0.25, -0.2) is 0 Å². The number of aliphatic hydroxyl groups excluding tert-OH is 1. The van der Waals surface area contributed by atoms with Gasteiger partial charge in [-0.1, -0.05) is 29.8 Å². The Morgan fingerprint density at radius 2 is 2.05 bits per heavy atom. The van der Waals surface area contributed by atoms with Crippen molar-refractivity contribution in [1.29, 1.82) is 0 Å². The zero-order valence-corrected chi connectivity index (χ0v) is 14.3. The molecule has 1 aromatic carbocycles. The van der Waals surface area contributed by atoms with E-state index in [1.807, 2.05) is 22.9 Å². The second-order valence-corrected chi connectivity index (χ2v) is 5.71. The van der Waals surface area contributed by atoms with Crippen LogP contribution in [0.3, 0.4) is 0 Å². The molecule has 0 atom stereocenters. The molecular formula is C16H21BrN2O2. The number of aromatic nitrogens is 2. The zero-order valence-electron chi connectivity index (χ0n) is 12.7. The number of benzene rings is 1. The summed E-state index contributed by atoms with van der Waals surface area (Å²) in [6.07, 6.45) is 1.68. The zero-order chi connectivity index (χ0) is 15.4. The number of aliphatic hydroxyl groups is 1. The molecule has 0 radical (unpaired) electrons. The third-order valence-corrected chi connectivity index (χ3v) is 4.42. The topological polar surface area (TPSA) is 47.3 Å². The number of halogens is 1. The summed E-state index contributed by atoms with van der Waals surface area (Å²) in [7, 11) is 1.66. The minimum absolute atomic E-state index is 0.0472. The molecule has 1 heterocycles. The van der Waals surface area contributed by atoms with Crippen LogP contribution in [0.5, 0.6) is 5.75 Å². The molecule has 0 unspecified atom stereocenters. The predicted octanol–water partition coefficient (Wildman–Crippen LogP) is 3.32. The van der Waals surface area contributed by atoms with Crippen LogP contribution >= 0.6 is 15.9 Å². The molecule has 2 aromatic rings. The SMILES string of the molecule is CCc1nn(Cc2cc(OC)ccc2Br)c(CC)c1CO. The van der Waals surface area contributed by atoms with Gasteiger partial charge in [-0.3, -0.25) is 4.68 Å². The lowest BCUT2D eigenvalue weighted by Crippen LogP contribution is -2.07. The number of methoxy groups -OCH3 is 1. The van der Waals surface area contributed by atoms with Gasteiger partial charge in [-0.2, -0.15) is 5.10 Å². The summed E-state index contributed by atoms with van der Waals surface area (Å²) in [6.45, 7) is 4.86. The summed E-state index contributed by atoms with van der Waals surface area (Å²) in [5.41, 5.74) is 4.16. The molecule has 0 fully saturated rings. The number of rotatable bonds is 6. The van der Waals surface area contributed by atoms with Crippen LogP contribution < -0.4 is 4.74 Å². The fourth-order valence-electron chi connectivity index (χ4n) is 2.54. The van der Waals surface area contributed by atoms with Crippen molar-refractivity contribution in [3.05, 3.63) is 45.2 Å². The smallest absolute Gasteiger partial charge is 0.119 e. The van der Waals surface area contributed by atoms with Gasteiger partial charge >= 0.3 is 0 Å². The Morgan fingerprint density at radius 3 is 2.62 bits per heavy atom. The van der Waals surface area contributed by atoms with Crippen molar-refractivity contribution in [2.24, 2.45) is 0 Å². The summed E-state index contributed by atoms with van der Waals surface area (Å²) < 4.78 is 8.31. The Hall–Kier alpha value is -1.33. The highest BCUT2D eigenvalue weighted by Crippen LogP contribution is 2.25. The van der Waals surface area contributed by atoms with Gasteiger partial charge in [0, 0.05) is 15.7 Å². The van der Waals surface area contributed by atoms with E-state index in [2.05, 4.69) is 34.9 Å². The molecule has 0 aliphatic rings. The molecule has 0 amide bonds. The summed E-state index contributed by atoms with van der Waals surface area (Å²) in [5.74, 6) is 0.830. The van der Waals surface area contributed by atoms with Crippen LogP contribution in [-0.2, 0) is 26.0 Å². The van der Waals surface area contributed by atoms with Gasteiger partial charge in [-0.05, 0) is 36.6 Å². The molecule has 0 spiro atoms. The average molecular weight is 353 g/mol. The Morgan fingerprint density at radius 1 is 1.29 bits per heavy atom. The van der Waals surface area contributed by atoms with Crippen LogP contribution in [-0.4, -0.2) is 22.0 Å². The van der Waals surface area contributed by atoms with E-state index >= 15 is 0 Å². The Balaban J connectivity index is 2.41. The van der Waals surface area contributed by atoms with Crippen molar-refractivity contribution >= 4 is 15.9 Å². The lowest BCUT2D eigenvalue weighted by molar-refractivity contribution is 0.279. The summed E-state index contributed by atoms with van der Waals surface area (Å²) >= 11 is 3.58. The largest absolute Gasteiger partial charge is 0.497 e. The van der Waals surface area contributed by atoms with E-state index in [0.29, 0.717) is 6.54 Å². The van der Waals surface area contributed by atoms with Gasteiger partial charge in [0.1, 0.15) is 5.75 Å². The second kappa shape index (κ2) is 7.09. The van der Waals surface area contributed by atoms with Crippen LogP contribution in [0, 0.1) is 0 Å². The summed E-state index contributed by atoms with van der Waals surface area (Å²) in [5, 5.41) is 14.3. The predicted molar refractivity (Wildman–Crippen MR) is 86.7 cm³/mol. The number of ether oxygens (including phenoxy) is 1. The normalized spacial score (nSPS) is 10.9. The first-order valence-corrected chi connectivity index (χ1v) is 7.94. The first kappa shape index (κ1) is 16.0. The Kier molecular flexibility index (Phi) is 5.42. The number of nitrogens with zero attached hydrogens (tertiary/aromatic N) is 2. The van der Waals surface area contributed by atoms with Crippen molar-refractivity contribution in [2.45, 2.75) is 39.8 Å². The van der Waals surface area contributed by atoms with Gasteiger partial charge in [0.05, 0.1) is 26.0 Å². The van der Waals surface area contributed by atoms with Crippen molar-refractivity contribution < 1.29 is 9.84 Å². The van der Waals surface area contributed by atoms with E-state index in [-0.39, 0.29) is 6.61 Å². The third-order valence-electron chi connectivity index (χ3n) is 3.65. The van der Waals surface area contributed by atoms with Gasteiger partial charge in [0.25, 0.3) is 0 Å². The third kappa shape index (κ3) is 3.30. The minimum Gasteiger partial charge on any atom is -0.497 e. The van der Waals surface area contributed by atoms with E-state index in [1.165, 1.54) is 0 Å². The van der Waals surface area contributed by atoms with E-state index in [0.717, 1.165) is 45.6 Å². The van der Waals surface area contributed by atoms with Gasteiger partial charge in [0.2, 0.25) is 0 Å². The molecule has 0 aliphatic carbocycles. The summed E-state index contributed by atoms with van der Waals surface area (Å²) in [6, 6.07) is 5.92. The molecule has 0 saturated carbocycles. The fourth-order valence-corrected chi connectivity index (χ4v) is 2.91. The highest BCUT2D eigenvalue weighted by molar-refractivity contribution is 9.10. The monoisotopic (exact) mass is 352 g/mol. The first-order chi connectivity index (χ1) is 10.1. The van der Waals surface area contributed by atoms with Gasteiger partial charge in [-0.15, -0.1) is 0 Å². The lowest BCUT2D eigenvalue weighted by Gasteiger charge is -2.10. The Bertz CT molecular complexity index is 623. The molecule has 1 N–H and O–H groups in total. The molecule has 21 heavy (non-hydrogen) atoms. The Labute approximate surface area is 133 Å². The molecule has 5 heteroatoms. The van der Waals surface area contributed by atoms with Crippen LogP contribution in [0.15, 0.2) is 22.7 Å². The van der Waals surface area contributed by atoms with Crippen molar-refractivity contribution in [3.8, 4) is 5.75 Å². The van der Waals surface area contributed by atoms with Crippen LogP contribution in [0.1, 0.15) is 36.4 Å². The molecule has 114 valence electrons. The standard InChI is InChI=1S/C16H21BrN2O2/c1-4-15-13(10-20)16(5-2)19(18-15)9-11-8-12(21-3)6-7-14(11)17/h6-8,20H,4-5,9-10H2,1-3H3. The van der Waals surface area contributed by atoms with E-state index in [9.17, 15) is 5.11 Å². The maximum absolute atomic E-state index is 9.60. The first-order valence-electron chi connectivity index (χ1n) is 7.15. The molecule has 0 saturated heterocycles. The number of hydrogen-bond acceptors (Lipinski definition) is 3. The number of hydrogen-bond donors (Lipinski definition) is 1. The van der Waals surface area contributed by atoms with Crippen LogP contribution in [0.2, 0.25) is 0 Å². The average Bonchev–Trinajstić information content (AvgIpc) is 2.85.